The number of nitrogens with zero attached hydrogens (tertiary/aromatic N) is 5. The third-order valence-corrected chi connectivity index (χ3v) is 11.8. The zero-order valence-corrected chi connectivity index (χ0v) is 27.4. The van der Waals surface area contributed by atoms with E-state index in [-0.39, 0.29) is 18.7 Å². The van der Waals surface area contributed by atoms with Gasteiger partial charge in [-0.1, -0.05) is 0 Å². The van der Waals surface area contributed by atoms with Crippen LogP contribution in [0.25, 0.3) is 0 Å². The fourth-order valence-electron chi connectivity index (χ4n) is 2.47. The normalized spacial score (nSPS) is 14.2. The number of amidine groups is 2. The van der Waals surface area contributed by atoms with E-state index in [4.69, 9.17) is 51.1 Å². The number of aromatic nitrogens is 3. The van der Waals surface area contributed by atoms with Crippen molar-refractivity contribution in [1.29, 1.82) is 5.41 Å². The van der Waals surface area contributed by atoms with E-state index in [1.54, 1.807) is 0 Å². The van der Waals surface area contributed by atoms with Crippen molar-refractivity contribution in [2.24, 2.45) is 9.98 Å². The fraction of sp³-hybridized carbons (Fsp3) is 0.647. The number of hydrogen-bond acceptors (Lipinski definition) is 18. The number of hydrogen-bond donors (Lipinski definition) is 2. The average Bonchev–Trinajstić information content (AvgIpc) is 3.00. The van der Waals surface area contributed by atoms with Crippen LogP contribution in [0.15, 0.2) is 9.98 Å². The molecule has 236 valence electrons. The van der Waals surface area contributed by atoms with Gasteiger partial charge in [0.05, 0.1) is 0 Å². The Morgan fingerprint density at radius 3 is 1.80 bits per heavy atom. The number of ether oxygens (including phenoxy) is 2. The summed E-state index contributed by atoms with van der Waals surface area (Å²) >= 11 is 0. The predicted molar refractivity (Wildman–Crippen MR) is 148 cm³/mol. The van der Waals surface area contributed by atoms with Crippen molar-refractivity contribution >= 4 is 58.9 Å². The summed E-state index contributed by atoms with van der Waals surface area (Å²) in [5.41, 5.74) is -2.03. The Bertz CT molecular complexity index is 1240. The molecule has 0 bridgehead atoms. The van der Waals surface area contributed by atoms with Gasteiger partial charge in [-0.25, -0.2) is 0 Å². The molecule has 1 heterocycles. The van der Waals surface area contributed by atoms with Gasteiger partial charge in [0.25, 0.3) is 0 Å². The van der Waals surface area contributed by atoms with E-state index >= 15 is 0 Å². The minimum atomic E-state index is -4.16. The summed E-state index contributed by atoms with van der Waals surface area (Å²) in [6, 6.07) is -1.07. The van der Waals surface area contributed by atoms with E-state index in [0.717, 1.165) is 56.9 Å². The first-order valence-corrected chi connectivity index (χ1v) is 17.3. The van der Waals surface area contributed by atoms with E-state index in [0.29, 0.717) is 0 Å². The van der Waals surface area contributed by atoms with Crippen LogP contribution in [-0.4, -0.2) is 107 Å². The second-order valence-electron chi connectivity index (χ2n) is 6.89. The second-order valence-corrected chi connectivity index (χ2v) is 16.0. The van der Waals surface area contributed by atoms with E-state index in [9.17, 15) is 18.6 Å². The Labute approximate surface area is 236 Å². The maximum atomic E-state index is 12.9. The average molecular weight is 670 g/mol. The molecule has 0 amide bonds. The standard InChI is InChI=1S/C17H34N6O14P4/c1-12(38(24,28-2)29-3)19-14(20-13(18)39(25,30-4)31-5)36-10-11-37-15-21-16(40(26,32-6)33-7)23-17(22-15)41(27,34-8)35-9/h18,26,40H,10-11H2,1-9H3/b18-13?,19-12+,20-14+. The van der Waals surface area contributed by atoms with Gasteiger partial charge < -0.3 is 0 Å². The molecule has 1 aromatic rings. The van der Waals surface area contributed by atoms with Crippen LogP contribution < -0.4 is 15.9 Å². The van der Waals surface area contributed by atoms with Crippen molar-refractivity contribution in [3.63, 3.8) is 0 Å². The van der Waals surface area contributed by atoms with Crippen molar-refractivity contribution < 1.29 is 64.3 Å². The third kappa shape index (κ3) is 9.43. The molecule has 20 nitrogen and oxygen atoms in total. The van der Waals surface area contributed by atoms with Gasteiger partial charge in [-0.3, -0.25) is 0 Å². The summed E-state index contributed by atoms with van der Waals surface area (Å²) in [6.45, 7) is 0.552. The topological polar surface area (TPSA) is 251 Å². The second kappa shape index (κ2) is 16.3. The van der Waals surface area contributed by atoms with Crippen LogP contribution in [0.2, 0.25) is 0 Å². The summed E-state index contributed by atoms with van der Waals surface area (Å²) in [5.74, 6) is 0. The van der Waals surface area contributed by atoms with Gasteiger partial charge in [0.2, 0.25) is 0 Å². The van der Waals surface area contributed by atoms with Crippen molar-refractivity contribution in [3.8, 4) is 6.01 Å². The fourth-order valence-corrected chi connectivity index (χ4v) is 6.07. The molecule has 2 N–H and O–H groups in total. The van der Waals surface area contributed by atoms with Gasteiger partial charge in [-0.2, -0.15) is 0 Å². The van der Waals surface area contributed by atoms with E-state index in [2.05, 4.69) is 24.9 Å². The molecule has 0 aromatic carbocycles. The molecule has 0 saturated carbocycles. The summed E-state index contributed by atoms with van der Waals surface area (Å²) in [6.07, 6.45) is 0. The number of aliphatic imine (C=N–C) groups is 2. The molecule has 41 heavy (non-hydrogen) atoms. The molecular formula is C17H34N6O14P4. The van der Waals surface area contributed by atoms with Gasteiger partial charge in [0.1, 0.15) is 0 Å². The SMILES string of the molecule is COP(=O)(OC)C(=N)/N=C(\N=C(/C)P(=O)(OC)OC)OCCOc1nc(P(=O)(OC)OC)nc([PH](O)(OC)OC)n1. The zero-order chi connectivity index (χ0) is 31.5. The van der Waals surface area contributed by atoms with Crippen molar-refractivity contribution in [1.82, 2.24) is 15.0 Å². The minimum absolute atomic E-state index is 0.218. The van der Waals surface area contributed by atoms with Gasteiger partial charge in [0, 0.05) is 28.4 Å². The van der Waals surface area contributed by atoms with Crippen molar-refractivity contribution in [2.45, 2.75) is 6.92 Å². The van der Waals surface area contributed by atoms with Crippen LogP contribution in [0.3, 0.4) is 0 Å². The van der Waals surface area contributed by atoms with Crippen LogP contribution >= 0.6 is 30.7 Å². The Morgan fingerprint density at radius 1 is 0.805 bits per heavy atom. The first kappa shape index (κ1) is 37.4. The van der Waals surface area contributed by atoms with Crippen LogP contribution in [0.5, 0.6) is 6.01 Å². The molecule has 1 rings (SSSR count). The van der Waals surface area contributed by atoms with E-state index in [1.165, 1.54) is 6.92 Å². The Balaban J connectivity index is 3.36. The Morgan fingerprint density at radius 2 is 1.34 bits per heavy atom. The van der Waals surface area contributed by atoms with Gasteiger partial charge in [0.15, 0.2) is 0 Å². The molecule has 24 heteroatoms. The van der Waals surface area contributed by atoms with Gasteiger partial charge >= 0.3 is 208 Å². The quantitative estimate of drug-likeness (QED) is 0.109. The molecule has 0 aliphatic carbocycles. The summed E-state index contributed by atoms with van der Waals surface area (Å²) in [4.78, 5) is 30.0. The predicted octanol–water partition coefficient (Wildman–Crippen LogP) is 1.46. The van der Waals surface area contributed by atoms with E-state index in [1.807, 2.05) is 0 Å². The molecule has 0 aliphatic heterocycles. The first-order valence-electron chi connectivity index (χ1n) is 10.9. The third-order valence-electron chi connectivity index (χ3n) is 4.79. The van der Waals surface area contributed by atoms with Crippen LogP contribution in [-0.2, 0) is 54.6 Å². The zero-order valence-electron chi connectivity index (χ0n) is 23.7. The molecule has 0 spiro atoms. The molecule has 0 aliphatic rings. The molecule has 0 saturated heterocycles. The molecule has 0 radical (unpaired) electrons. The maximum absolute atomic E-state index is 12.9. The number of nitrogens with one attached hydrogen (secondary N) is 1. The van der Waals surface area contributed by atoms with Crippen LogP contribution in [0.4, 0.5) is 0 Å². The summed E-state index contributed by atoms with van der Waals surface area (Å²) in [7, 11) is -7.31. The summed E-state index contributed by atoms with van der Waals surface area (Å²) in [5, 5.41) is 7.98. The Hall–Kier alpha value is -1.62. The van der Waals surface area contributed by atoms with Gasteiger partial charge in [-0.05, 0) is 0 Å². The van der Waals surface area contributed by atoms with Crippen molar-refractivity contribution in [3.05, 3.63) is 0 Å². The molecule has 0 fully saturated rings. The van der Waals surface area contributed by atoms with Crippen molar-refractivity contribution in [2.75, 3.05) is 70.1 Å². The number of rotatable bonds is 16. The molecule has 0 unspecified atom stereocenters. The molecule has 1 aromatic heterocycles. The summed E-state index contributed by atoms with van der Waals surface area (Å²) < 4.78 is 87.9. The van der Waals surface area contributed by atoms with Crippen LogP contribution in [0.1, 0.15) is 6.92 Å². The first-order chi connectivity index (χ1) is 19.2. The molecular weight excluding hydrogens is 636 g/mol. The van der Waals surface area contributed by atoms with Gasteiger partial charge in [-0.15, -0.1) is 0 Å². The Kier molecular flexibility index (Phi) is 14.9. The van der Waals surface area contributed by atoms with E-state index < -0.39 is 59.5 Å². The molecule has 0 atom stereocenters. The monoisotopic (exact) mass is 670 g/mol. The van der Waals surface area contributed by atoms with Crippen LogP contribution in [0, 0.1) is 5.41 Å².